The van der Waals surface area contributed by atoms with E-state index >= 15 is 0 Å². The minimum atomic E-state index is -2.23. The minimum absolute atomic E-state index is 0.0134. The zero-order chi connectivity index (χ0) is 18.6. The predicted octanol–water partition coefficient (Wildman–Crippen LogP) is 1.22. The summed E-state index contributed by atoms with van der Waals surface area (Å²) in [5.74, 6) is -0.976. The SMILES string of the molecule is C[Si](C)(C)O[C@H]1C=CC[C@H]2c3c(no[n+]3[O-])C([N+](=O)[O-])=C[C@@]12[N+](=O)[O-]. The summed E-state index contributed by atoms with van der Waals surface area (Å²) < 4.78 is 10.4. The van der Waals surface area contributed by atoms with Gasteiger partial charge in [0.2, 0.25) is 5.69 Å². The lowest BCUT2D eigenvalue weighted by Gasteiger charge is -2.39. The van der Waals surface area contributed by atoms with E-state index in [2.05, 4.69) is 9.79 Å². The van der Waals surface area contributed by atoms with Gasteiger partial charge in [-0.25, -0.2) is 0 Å². The Morgan fingerprint density at radius 2 is 2.08 bits per heavy atom. The zero-order valence-electron chi connectivity index (χ0n) is 13.7. The van der Waals surface area contributed by atoms with Gasteiger partial charge in [0.05, 0.1) is 16.2 Å². The van der Waals surface area contributed by atoms with Crippen molar-refractivity contribution in [3.05, 3.63) is 55.1 Å². The molecule has 0 unspecified atom stereocenters. The van der Waals surface area contributed by atoms with Gasteiger partial charge in [0.15, 0.2) is 8.32 Å². The lowest BCUT2D eigenvalue weighted by atomic mass is 9.69. The molecule has 0 saturated carbocycles. The van der Waals surface area contributed by atoms with E-state index in [0.717, 1.165) is 6.08 Å². The maximum absolute atomic E-state index is 12.1. The van der Waals surface area contributed by atoms with Crippen molar-refractivity contribution in [2.24, 2.45) is 0 Å². The first-order chi connectivity index (χ1) is 11.6. The smallest absolute Gasteiger partial charge is 0.329 e. The molecule has 0 bridgehead atoms. The Morgan fingerprint density at radius 1 is 1.40 bits per heavy atom. The predicted molar refractivity (Wildman–Crippen MR) is 84.9 cm³/mol. The number of nitro groups is 2. The van der Waals surface area contributed by atoms with Crippen LogP contribution in [0.3, 0.4) is 0 Å². The Labute approximate surface area is 142 Å². The molecule has 1 aromatic rings. The van der Waals surface area contributed by atoms with Gasteiger partial charge >= 0.3 is 11.4 Å². The third-order valence-electron chi connectivity index (χ3n) is 4.28. The second kappa shape index (κ2) is 5.45. The zero-order valence-corrected chi connectivity index (χ0v) is 14.7. The molecule has 3 atom stereocenters. The normalized spacial score (nSPS) is 28.0. The highest BCUT2D eigenvalue weighted by molar-refractivity contribution is 6.69. The molecule has 0 aliphatic heterocycles. The molecule has 0 saturated heterocycles. The molecule has 2 aliphatic rings. The molecule has 25 heavy (non-hydrogen) atoms. The Morgan fingerprint density at radius 3 is 2.64 bits per heavy atom. The molecule has 0 radical (unpaired) electrons. The van der Waals surface area contributed by atoms with Crippen LogP contribution in [0.2, 0.25) is 19.6 Å². The number of hydrogen-bond donors (Lipinski definition) is 0. The molecule has 3 rings (SSSR count). The maximum Gasteiger partial charge on any atom is 0.329 e. The van der Waals surface area contributed by atoms with Crippen LogP contribution < -0.4 is 4.90 Å². The molecule has 0 aromatic carbocycles. The number of nitrogens with zero attached hydrogens (tertiary/aromatic N) is 4. The summed E-state index contributed by atoms with van der Waals surface area (Å²) in [6.07, 6.45) is 3.28. The van der Waals surface area contributed by atoms with Crippen molar-refractivity contribution < 1.29 is 23.8 Å². The van der Waals surface area contributed by atoms with Gasteiger partial charge in [0.25, 0.3) is 5.54 Å². The molecule has 0 amide bonds. The van der Waals surface area contributed by atoms with Crippen molar-refractivity contribution >= 4 is 14.0 Å². The van der Waals surface area contributed by atoms with Gasteiger partial charge in [-0.3, -0.25) is 24.9 Å². The van der Waals surface area contributed by atoms with Crippen LogP contribution in [0.1, 0.15) is 23.7 Å². The fourth-order valence-electron chi connectivity index (χ4n) is 3.34. The van der Waals surface area contributed by atoms with Gasteiger partial charge in [-0.2, -0.15) is 0 Å². The van der Waals surface area contributed by atoms with E-state index in [4.69, 9.17) is 4.43 Å². The fraction of sp³-hybridized carbons (Fsp3) is 0.538. The molecule has 0 N–H and O–H groups in total. The standard InChI is InChI=1S/C13H16N4O7Si/c1-25(2,3)23-10-6-4-5-8-12-11(14-24-16(12)20)9(15(18)19)7-13(8,10)17(21)22/h4,6-8,10H,5H2,1-3H3/t8-,10-,13-/m0/s1. The van der Waals surface area contributed by atoms with Crippen molar-refractivity contribution in [3.8, 4) is 0 Å². The second-order valence-corrected chi connectivity index (χ2v) is 11.4. The van der Waals surface area contributed by atoms with Crippen LogP contribution >= 0.6 is 0 Å². The van der Waals surface area contributed by atoms with Gasteiger partial charge in [-0.15, -0.1) is 0 Å². The van der Waals surface area contributed by atoms with Crippen LogP contribution in [0.5, 0.6) is 0 Å². The van der Waals surface area contributed by atoms with E-state index in [1.165, 1.54) is 0 Å². The Kier molecular flexibility index (Phi) is 3.76. The van der Waals surface area contributed by atoms with Crippen molar-refractivity contribution in [2.45, 2.75) is 43.6 Å². The fourth-order valence-corrected chi connectivity index (χ4v) is 4.37. The Balaban J connectivity index is 2.28. The molecule has 2 aliphatic carbocycles. The molecule has 11 nitrogen and oxygen atoms in total. The van der Waals surface area contributed by atoms with Gasteiger partial charge in [-0.05, 0) is 31.0 Å². The van der Waals surface area contributed by atoms with Crippen molar-refractivity contribution in [3.63, 3.8) is 0 Å². The van der Waals surface area contributed by atoms with E-state index in [1.54, 1.807) is 12.2 Å². The molecular formula is C13H16N4O7Si. The average Bonchev–Trinajstić information content (AvgIpc) is 2.87. The van der Waals surface area contributed by atoms with Crippen LogP contribution in [0.25, 0.3) is 5.70 Å². The van der Waals surface area contributed by atoms with Crippen LogP contribution in [-0.2, 0) is 4.43 Å². The topological polar surface area (TPSA) is 148 Å². The third kappa shape index (κ3) is 2.53. The molecule has 1 aromatic heterocycles. The molecule has 0 fully saturated rings. The number of fused-ring (bicyclic) bond motifs is 3. The highest BCUT2D eigenvalue weighted by Gasteiger charge is 2.65. The number of rotatable bonds is 4. The van der Waals surface area contributed by atoms with Crippen LogP contribution in [0, 0.1) is 25.4 Å². The molecule has 12 heteroatoms. The molecule has 134 valence electrons. The molecular weight excluding hydrogens is 352 g/mol. The largest absolute Gasteiger partial charge is 0.404 e. The summed E-state index contributed by atoms with van der Waals surface area (Å²) in [5.41, 5.74) is -3.08. The minimum Gasteiger partial charge on any atom is -0.404 e. The van der Waals surface area contributed by atoms with Gasteiger partial charge in [0, 0.05) is 4.92 Å². The van der Waals surface area contributed by atoms with E-state index in [1.807, 2.05) is 19.6 Å². The van der Waals surface area contributed by atoms with Crippen LogP contribution in [0.4, 0.5) is 0 Å². The third-order valence-corrected chi connectivity index (χ3v) is 5.24. The summed E-state index contributed by atoms with van der Waals surface area (Å²) in [6.45, 7) is 5.58. The first kappa shape index (κ1) is 17.2. The lowest BCUT2D eigenvalue weighted by molar-refractivity contribution is -0.810. The van der Waals surface area contributed by atoms with Crippen LogP contribution in [-0.4, -0.2) is 35.0 Å². The number of hydrogen-bond acceptors (Lipinski definition) is 8. The van der Waals surface area contributed by atoms with E-state index in [9.17, 15) is 25.4 Å². The first-order valence-corrected chi connectivity index (χ1v) is 10.9. The van der Waals surface area contributed by atoms with E-state index < -0.39 is 41.4 Å². The second-order valence-electron chi connectivity index (χ2n) is 6.96. The lowest BCUT2D eigenvalue weighted by Crippen LogP contribution is -2.59. The van der Waals surface area contributed by atoms with Crippen molar-refractivity contribution in [2.75, 3.05) is 0 Å². The summed E-state index contributed by atoms with van der Waals surface area (Å²) in [4.78, 5) is 22.1. The number of allylic oxidation sites excluding steroid dienone is 1. The van der Waals surface area contributed by atoms with Gasteiger partial charge in [-0.1, -0.05) is 12.2 Å². The van der Waals surface area contributed by atoms with Crippen molar-refractivity contribution in [1.82, 2.24) is 5.16 Å². The summed E-state index contributed by atoms with van der Waals surface area (Å²) in [7, 11) is -2.23. The Bertz CT molecular complexity index is 812. The van der Waals surface area contributed by atoms with Crippen molar-refractivity contribution in [1.29, 1.82) is 0 Å². The molecule has 0 spiro atoms. The summed E-state index contributed by atoms with van der Waals surface area (Å²) in [5, 5.41) is 39.0. The van der Waals surface area contributed by atoms with Gasteiger partial charge in [0.1, 0.15) is 12.0 Å². The Hall–Kier alpha value is -2.60. The highest BCUT2D eigenvalue weighted by atomic mass is 28.4. The monoisotopic (exact) mass is 368 g/mol. The van der Waals surface area contributed by atoms with E-state index in [0.29, 0.717) is 0 Å². The quantitative estimate of drug-likeness (QED) is 0.253. The summed E-state index contributed by atoms with van der Waals surface area (Å²) >= 11 is 0. The highest BCUT2D eigenvalue weighted by Crippen LogP contribution is 2.48. The maximum atomic E-state index is 12.1. The van der Waals surface area contributed by atoms with Crippen LogP contribution in [0.15, 0.2) is 22.9 Å². The first-order valence-electron chi connectivity index (χ1n) is 7.54. The molecule has 1 heterocycles. The number of aromatic nitrogens is 2. The summed E-state index contributed by atoms with van der Waals surface area (Å²) in [6, 6.07) is 0. The average molecular weight is 368 g/mol. The van der Waals surface area contributed by atoms with Gasteiger partial charge < -0.3 is 9.63 Å². The van der Waals surface area contributed by atoms with E-state index in [-0.39, 0.29) is 22.7 Å².